The second kappa shape index (κ2) is 9.61. The number of benzene rings is 1. The van der Waals surface area contributed by atoms with E-state index in [1.54, 1.807) is 18.3 Å². The van der Waals surface area contributed by atoms with Crippen LogP contribution >= 0.6 is 0 Å². The predicted octanol–water partition coefficient (Wildman–Crippen LogP) is 4.26. The van der Waals surface area contributed by atoms with Crippen molar-refractivity contribution >= 4 is 5.71 Å². The van der Waals surface area contributed by atoms with Crippen LogP contribution in [-0.4, -0.2) is 45.0 Å². The van der Waals surface area contributed by atoms with E-state index in [1.165, 1.54) is 18.2 Å². The molecule has 0 saturated heterocycles. The lowest BCUT2D eigenvalue weighted by molar-refractivity contribution is -0.274. The number of aliphatic imine (C=N–C) groups is 1. The van der Waals surface area contributed by atoms with E-state index in [9.17, 15) is 18.0 Å². The van der Waals surface area contributed by atoms with E-state index in [0.717, 1.165) is 49.3 Å². The van der Waals surface area contributed by atoms with Gasteiger partial charge in [-0.05, 0) is 43.0 Å². The monoisotopic (exact) mass is 483 g/mol. The van der Waals surface area contributed by atoms with E-state index >= 15 is 0 Å². The van der Waals surface area contributed by atoms with E-state index in [1.807, 2.05) is 6.07 Å². The number of hydrogen-bond acceptors (Lipinski definition) is 6. The highest BCUT2D eigenvalue weighted by Gasteiger charge is 2.32. The summed E-state index contributed by atoms with van der Waals surface area (Å²) in [5.74, 6) is 0.301. The molecule has 2 aliphatic heterocycles. The number of H-pyrrole nitrogens is 1. The lowest BCUT2D eigenvalue weighted by Gasteiger charge is -2.27. The molecule has 0 radical (unpaired) electrons. The topological polar surface area (TPSA) is 83.5 Å². The van der Waals surface area contributed by atoms with Gasteiger partial charge >= 0.3 is 6.36 Å². The summed E-state index contributed by atoms with van der Waals surface area (Å²) in [6, 6.07) is 9.43. The molecule has 0 fully saturated rings. The molecule has 2 aliphatic rings. The number of nitrogens with one attached hydrogen (secondary N) is 1. The van der Waals surface area contributed by atoms with E-state index in [-0.39, 0.29) is 16.9 Å². The van der Waals surface area contributed by atoms with Gasteiger partial charge in [0, 0.05) is 44.4 Å². The number of nitrogens with zero attached hydrogens (tertiary/aromatic N) is 4. The van der Waals surface area contributed by atoms with Crippen molar-refractivity contribution in [3.63, 3.8) is 0 Å². The molecule has 1 aromatic carbocycles. The van der Waals surface area contributed by atoms with Crippen LogP contribution in [0.4, 0.5) is 13.2 Å². The van der Waals surface area contributed by atoms with E-state index in [2.05, 4.69) is 24.6 Å². The van der Waals surface area contributed by atoms with Gasteiger partial charge < -0.3 is 9.72 Å². The second-order valence-corrected chi connectivity index (χ2v) is 8.68. The van der Waals surface area contributed by atoms with Gasteiger partial charge in [0.15, 0.2) is 5.82 Å². The molecule has 0 unspecified atom stereocenters. The third kappa shape index (κ3) is 5.43. The van der Waals surface area contributed by atoms with Gasteiger partial charge in [-0.1, -0.05) is 18.2 Å². The van der Waals surface area contributed by atoms with Gasteiger partial charge in [-0.15, -0.1) is 13.2 Å². The maximum Gasteiger partial charge on any atom is 0.573 e. The zero-order valence-corrected chi connectivity index (χ0v) is 18.9. The first kappa shape index (κ1) is 23.2. The van der Waals surface area contributed by atoms with Gasteiger partial charge in [-0.3, -0.25) is 19.7 Å². The molecule has 0 amide bonds. The Bertz CT molecular complexity index is 1300. The van der Waals surface area contributed by atoms with Crippen molar-refractivity contribution in [3.05, 3.63) is 75.6 Å². The summed E-state index contributed by atoms with van der Waals surface area (Å²) in [6.07, 6.45) is 0.481. The summed E-state index contributed by atoms with van der Waals surface area (Å²) in [6.45, 7) is 2.53. The standard InChI is InChI=1S/C25H24F3N5O2/c26-25(27,28)35-22-7-2-1-5-17(22)19-9-8-16(13-30-19)14-33-12-10-20-18(15-33)24(34)32-23(31-20)21-6-3-4-11-29-21/h1-2,5,7-9,13H,3-4,6,10-12,14-15H2,(H,31,32,34). The van der Waals surface area contributed by atoms with Crippen molar-refractivity contribution in [3.8, 4) is 17.0 Å². The van der Waals surface area contributed by atoms with Gasteiger partial charge in [0.25, 0.3) is 5.56 Å². The molecule has 5 rings (SSSR count). The van der Waals surface area contributed by atoms with Crippen LogP contribution < -0.4 is 10.3 Å². The highest BCUT2D eigenvalue weighted by Crippen LogP contribution is 2.32. The minimum atomic E-state index is -4.78. The fraction of sp³-hybridized carbons (Fsp3) is 0.360. The Kier molecular flexibility index (Phi) is 6.38. The fourth-order valence-corrected chi connectivity index (χ4v) is 4.47. The summed E-state index contributed by atoms with van der Waals surface area (Å²) < 4.78 is 42.3. The first-order valence-corrected chi connectivity index (χ1v) is 11.5. The van der Waals surface area contributed by atoms with E-state index in [0.29, 0.717) is 36.6 Å². The van der Waals surface area contributed by atoms with Crippen LogP contribution in [0.2, 0.25) is 0 Å². The normalized spacial score (nSPS) is 16.5. The highest BCUT2D eigenvalue weighted by atomic mass is 19.4. The zero-order valence-electron chi connectivity index (χ0n) is 18.9. The molecular weight excluding hydrogens is 459 g/mol. The number of aromatic amines is 1. The molecule has 0 saturated carbocycles. The van der Waals surface area contributed by atoms with Crippen molar-refractivity contribution in [1.29, 1.82) is 0 Å². The van der Waals surface area contributed by atoms with Crippen LogP contribution in [0.1, 0.15) is 41.9 Å². The summed E-state index contributed by atoms with van der Waals surface area (Å²) in [4.78, 5) is 31.4. The first-order chi connectivity index (χ1) is 16.9. The second-order valence-electron chi connectivity index (χ2n) is 8.68. The number of halogens is 3. The molecule has 35 heavy (non-hydrogen) atoms. The van der Waals surface area contributed by atoms with Crippen molar-refractivity contribution in [2.24, 2.45) is 4.99 Å². The van der Waals surface area contributed by atoms with Crippen molar-refractivity contribution in [2.45, 2.75) is 45.1 Å². The molecule has 1 N–H and O–H groups in total. The summed E-state index contributed by atoms with van der Waals surface area (Å²) >= 11 is 0. The maximum absolute atomic E-state index is 12.8. The van der Waals surface area contributed by atoms with E-state index in [4.69, 9.17) is 4.98 Å². The Labute approximate surface area is 199 Å². The Morgan fingerprint density at radius 1 is 1.09 bits per heavy atom. The Morgan fingerprint density at radius 2 is 1.94 bits per heavy atom. The average molecular weight is 483 g/mol. The maximum atomic E-state index is 12.8. The largest absolute Gasteiger partial charge is 0.573 e. The Balaban J connectivity index is 1.29. The summed E-state index contributed by atoms with van der Waals surface area (Å²) in [5.41, 5.74) is 3.78. The number of ether oxygens (including phenoxy) is 1. The van der Waals surface area contributed by atoms with E-state index < -0.39 is 6.36 Å². The molecule has 3 aromatic rings. The van der Waals surface area contributed by atoms with Gasteiger partial charge in [0.05, 0.1) is 22.7 Å². The minimum Gasteiger partial charge on any atom is -0.405 e. The molecule has 7 nitrogen and oxygen atoms in total. The van der Waals surface area contributed by atoms with Crippen LogP contribution in [0.25, 0.3) is 11.3 Å². The molecular formula is C25H24F3N5O2. The predicted molar refractivity (Wildman–Crippen MR) is 124 cm³/mol. The van der Waals surface area contributed by atoms with Crippen LogP contribution in [0, 0.1) is 0 Å². The van der Waals surface area contributed by atoms with Gasteiger partial charge in [0.1, 0.15) is 5.75 Å². The third-order valence-corrected chi connectivity index (χ3v) is 6.17. The van der Waals surface area contributed by atoms with Gasteiger partial charge in [-0.2, -0.15) is 0 Å². The number of alkyl halides is 3. The summed E-state index contributed by atoms with van der Waals surface area (Å²) in [7, 11) is 0. The van der Waals surface area contributed by atoms with Crippen LogP contribution in [-0.2, 0) is 19.5 Å². The molecule has 4 heterocycles. The lowest BCUT2D eigenvalue weighted by Crippen LogP contribution is -2.36. The summed E-state index contributed by atoms with van der Waals surface area (Å²) in [5, 5.41) is 0. The number of aromatic nitrogens is 3. The minimum absolute atomic E-state index is 0.127. The lowest BCUT2D eigenvalue weighted by atomic mass is 10.0. The number of hydrogen-bond donors (Lipinski definition) is 1. The van der Waals surface area contributed by atoms with Crippen LogP contribution in [0.15, 0.2) is 52.4 Å². The molecule has 2 aromatic heterocycles. The molecule has 0 atom stereocenters. The molecule has 0 bridgehead atoms. The molecule has 10 heteroatoms. The number of fused-ring (bicyclic) bond motifs is 1. The van der Waals surface area contributed by atoms with Crippen molar-refractivity contribution in [2.75, 3.05) is 13.1 Å². The van der Waals surface area contributed by atoms with Crippen LogP contribution in [0.5, 0.6) is 5.75 Å². The number of rotatable bonds is 5. The smallest absolute Gasteiger partial charge is 0.405 e. The Hall–Kier alpha value is -3.53. The van der Waals surface area contributed by atoms with Crippen LogP contribution in [0.3, 0.4) is 0 Å². The number of para-hydroxylation sites is 1. The molecule has 0 spiro atoms. The SMILES string of the molecule is O=c1[nH]c(C2=NCCCC2)nc2c1CN(Cc1ccc(-c3ccccc3OC(F)(F)F)nc1)CC2. The molecule has 182 valence electrons. The zero-order chi connectivity index (χ0) is 24.4. The van der Waals surface area contributed by atoms with Crippen molar-refractivity contribution in [1.82, 2.24) is 19.9 Å². The fourth-order valence-electron chi connectivity index (χ4n) is 4.47. The van der Waals surface area contributed by atoms with Crippen molar-refractivity contribution < 1.29 is 17.9 Å². The highest BCUT2D eigenvalue weighted by molar-refractivity contribution is 5.97. The third-order valence-electron chi connectivity index (χ3n) is 6.17. The number of pyridine rings is 1. The average Bonchev–Trinajstić information content (AvgIpc) is 2.85. The van der Waals surface area contributed by atoms with Gasteiger partial charge in [-0.25, -0.2) is 4.98 Å². The quantitative estimate of drug-likeness (QED) is 0.586. The Morgan fingerprint density at radius 3 is 2.69 bits per heavy atom. The van der Waals surface area contributed by atoms with Gasteiger partial charge in [0.2, 0.25) is 0 Å². The molecule has 0 aliphatic carbocycles. The first-order valence-electron chi connectivity index (χ1n) is 11.5.